The minimum absolute atomic E-state index is 0.196. The van der Waals surface area contributed by atoms with E-state index >= 15 is 0 Å². The van der Waals surface area contributed by atoms with Crippen LogP contribution in [-0.4, -0.2) is 10.4 Å². The van der Waals surface area contributed by atoms with Gasteiger partial charge < -0.3 is 4.57 Å². The van der Waals surface area contributed by atoms with Crippen LogP contribution < -0.4 is 0 Å². The number of carbonyl (C=O) groups excluding carboxylic acids is 1. The first kappa shape index (κ1) is 32.5. The predicted molar refractivity (Wildman–Crippen MR) is 242 cm³/mol. The van der Waals surface area contributed by atoms with E-state index in [0.29, 0.717) is 0 Å². The summed E-state index contributed by atoms with van der Waals surface area (Å²) in [5, 5.41) is 2.47. The Balaban J connectivity index is 0.907. The van der Waals surface area contributed by atoms with Gasteiger partial charge in [0, 0.05) is 27.9 Å². The van der Waals surface area contributed by atoms with E-state index in [9.17, 15) is 4.79 Å². The lowest BCUT2D eigenvalue weighted by atomic mass is 9.77. The summed E-state index contributed by atoms with van der Waals surface area (Å²) in [5.74, 6) is 0.178. The molecule has 274 valence electrons. The number of para-hydroxylation sites is 1. The van der Waals surface area contributed by atoms with Gasteiger partial charge in [0.2, 0.25) is 0 Å². The Morgan fingerprint density at radius 1 is 0.339 bits per heavy atom. The number of hydrogen-bond donors (Lipinski definition) is 0. The molecule has 2 nitrogen and oxygen atoms in total. The minimum Gasteiger partial charge on any atom is -0.309 e. The molecule has 2 heteroatoms. The zero-order valence-corrected chi connectivity index (χ0v) is 32.1. The van der Waals surface area contributed by atoms with Gasteiger partial charge in [0.15, 0.2) is 5.78 Å². The Morgan fingerprint density at radius 2 is 0.898 bits per heavy atom. The third kappa shape index (κ3) is 4.60. The fraction of sp³-hybridized carbons (Fsp3) is 0.0351. The van der Waals surface area contributed by atoms with Crippen LogP contribution in [0.3, 0.4) is 0 Å². The number of fused-ring (bicyclic) bond motifs is 11. The second-order valence-corrected chi connectivity index (χ2v) is 16.3. The van der Waals surface area contributed by atoms with Gasteiger partial charge in [0.1, 0.15) is 0 Å². The Hall–Kier alpha value is -7.55. The molecule has 2 unspecified atom stereocenters. The van der Waals surface area contributed by atoms with Crippen LogP contribution in [0.2, 0.25) is 0 Å². The summed E-state index contributed by atoms with van der Waals surface area (Å²) >= 11 is 0. The van der Waals surface area contributed by atoms with Crippen LogP contribution in [0.15, 0.2) is 200 Å². The zero-order valence-electron chi connectivity index (χ0n) is 32.1. The highest BCUT2D eigenvalue weighted by atomic mass is 16.1. The highest BCUT2D eigenvalue weighted by molar-refractivity contribution is 6.16. The van der Waals surface area contributed by atoms with E-state index in [1.54, 1.807) is 0 Å². The average molecular weight is 750 g/mol. The quantitative estimate of drug-likeness (QED) is 0.176. The number of rotatable bonds is 4. The summed E-state index contributed by atoms with van der Waals surface area (Å²) in [6, 6.07) is 72.7. The van der Waals surface area contributed by atoms with Crippen molar-refractivity contribution < 1.29 is 4.79 Å². The summed E-state index contributed by atoms with van der Waals surface area (Å²) in [6.45, 7) is 0. The SMILES string of the molecule is O=C1c2ccccc2-c2cccc3c2C1c1ccc(-c2cccc(-n4c5ccccc5c5cc(-c6ccc7c(c6)-c6ccccc6C7c6ccccc6)ccc54)c2)cc1-3. The van der Waals surface area contributed by atoms with Gasteiger partial charge in [0.25, 0.3) is 0 Å². The second-order valence-electron chi connectivity index (χ2n) is 16.3. The maximum atomic E-state index is 14.0. The zero-order chi connectivity index (χ0) is 38.8. The van der Waals surface area contributed by atoms with Gasteiger partial charge in [-0.25, -0.2) is 0 Å². The Kier molecular flexibility index (Phi) is 6.74. The van der Waals surface area contributed by atoms with Crippen molar-refractivity contribution in [3.8, 4) is 61.3 Å². The van der Waals surface area contributed by atoms with Gasteiger partial charge in [-0.05, 0) is 126 Å². The third-order valence-corrected chi connectivity index (χ3v) is 13.3. The highest BCUT2D eigenvalue weighted by Crippen LogP contribution is 2.54. The second kappa shape index (κ2) is 12.2. The summed E-state index contributed by atoms with van der Waals surface area (Å²) in [5.41, 5.74) is 22.5. The van der Waals surface area contributed by atoms with Crippen molar-refractivity contribution in [2.75, 3.05) is 0 Å². The highest BCUT2D eigenvalue weighted by Gasteiger charge is 2.40. The van der Waals surface area contributed by atoms with Crippen molar-refractivity contribution in [1.82, 2.24) is 4.57 Å². The van der Waals surface area contributed by atoms with Crippen LogP contribution in [0.4, 0.5) is 0 Å². The molecule has 3 aliphatic rings. The molecule has 9 aromatic carbocycles. The average Bonchev–Trinajstić information content (AvgIpc) is 3.94. The van der Waals surface area contributed by atoms with Crippen LogP contribution in [0.5, 0.6) is 0 Å². The Morgan fingerprint density at radius 3 is 1.73 bits per heavy atom. The summed E-state index contributed by atoms with van der Waals surface area (Å²) in [4.78, 5) is 14.0. The molecule has 59 heavy (non-hydrogen) atoms. The van der Waals surface area contributed by atoms with Gasteiger partial charge in [-0.1, -0.05) is 158 Å². The van der Waals surface area contributed by atoms with Gasteiger partial charge in [-0.15, -0.1) is 0 Å². The lowest BCUT2D eigenvalue weighted by Crippen LogP contribution is -2.18. The molecule has 0 aliphatic heterocycles. The van der Waals surface area contributed by atoms with Crippen molar-refractivity contribution in [2.24, 2.45) is 0 Å². The number of ketones is 1. The molecule has 0 spiro atoms. The van der Waals surface area contributed by atoms with Gasteiger partial charge in [-0.2, -0.15) is 0 Å². The van der Waals surface area contributed by atoms with Crippen LogP contribution in [0.1, 0.15) is 50.0 Å². The first-order valence-corrected chi connectivity index (χ1v) is 20.5. The Bertz CT molecular complexity index is 3420. The first-order valence-electron chi connectivity index (χ1n) is 20.5. The third-order valence-electron chi connectivity index (χ3n) is 13.3. The lowest BCUT2D eigenvalue weighted by Gasteiger charge is -2.24. The van der Waals surface area contributed by atoms with E-state index < -0.39 is 0 Å². The number of aromatic nitrogens is 1. The molecular weight excluding hydrogens is 715 g/mol. The van der Waals surface area contributed by atoms with Crippen LogP contribution >= 0.6 is 0 Å². The normalized spacial score (nSPS) is 15.5. The van der Waals surface area contributed by atoms with E-state index in [2.05, 4.69) is 187 Å². The van der Waals surface area contributed by atoms with Crippen LogP contribution in [0.25, 0.3) is 83.1 Å². The number of benzene rings is 9. The summed E-state index contributed by atoms with van der Waals surface area (Å²) in [6.07, 6.45) is 0. The fourth-order valence-corrected chi connectivity index (χ4v) is 10.7. The maximum absolute atomic E-state index is 14.0. The lowest BCUT2D eigenvalue weighted by molar-refractivity contribution is 0.0974. The molecule has 1 heterocycles. The smallest absolute Gasteiger partial charge is 0.175 e. The van der Waals surface area contributed by atoms with Gasteiger partial charge in [0.05, 0.1) is 17.0 Å². The molecule has 10 aromatic rings. The molecule has 1 aromatic heterocycles. The molecule has 3 aliphatic carbocycles. The van der Waals surface area contributed by atoms with Crippen molar-refractivity contribution in [3.63, 3.8) is 0 Å². The van der Waals surface area contributed by atoms with E-state index in [1.165, 1.54) is 71.9 Å². The van der Waals surface area contributed by atoms with Crippen LogP contribution in [-0.2, 0) is 0 Å². The molecule has 0 saturated carbocycles. The van der Waals surface area contributed by atoms with Gasteiger partial charge in [-0.3, -0.25) is 4.79 Å². The maximum Gasteiger partial charge on any atom is 0.175 e. The number of hydrogen-bond acceptors (Lipinski definition) is 1. The van der Waals surface area contributed by atoms with Crippen molar-refractivity contribution >= 4 is 27.6 Å². The predicted octanol–water partition coefficient (Wildman–Crippen LogP) is 14.3. The monoisotopic (exact) mass is 749 g/mol. The summed E-state index contributed by atoms with van der Waals surface area (Å²) in [7, 11) is 0. The molecule has 0 N–H and O–H groups in total. The minimum atomic E-state index is -0.257. The topological polar surface area (TPSA) is 22.0 Å². The summed E-state index contributed by atoms with van der Waals surface area (Å²) < 4.78 is 2.41. The van der Waals surface area contributed by atoms with Crippen molar-refractivity contribution in [1.29, 1.82) is 0 Å². The first-order chi connectivity index (χ1) is 29.2. The molecule has 13 rings (SSSR count). The number of Topliss-reactive ketones (excluding diaryl/α,β-unsaturated/α-hetero) is 1. The van der Waals surface area contributed by atoms with Crippen LogP contribution in [0, 0.1) is 0 Å². The van der Waals surface area contributed by atoms with Gasteiger partial charge >= 0.3 is 0 Å². The fourth-order valence-electron chi connectivity index (χ4n) is 10.7. The molecule has 0 amide bonds. The molecule has 0 bridgehead atoms. The number of carbonyl (C=O) groups is 1. The van der Waals surface area contributed by atoms with E-state index in [4.69, 9.17) is 0 Å². The molecule has 0 saturated heterocycles. The molecular formula is C57H35NO. The van der Waals surface area contributed by atoms with Crippen molar-refractivity contribution in [2.45, 2.75) is 11.8 Å². The molecule has 0 fully saturated rings. The van der Waals surface area contributed by atoms with E-state index in [1.807, 2.05) is 18.2 Å². The van der Waals surface area contributed by atoms with Crippen molar-refractivity contribution in [3.05, 3.63) is 234 Å². The van der Waals surface area contributed by atoms with E-state index in [-0.39, 0.29) is 17.6 Å². The van der Waals surface area contributed by atoms with E-state index in [0.717, 1.165) is 44.6 Å². The Labute approximate surface area is 342 Å². The largest absolute Gasteiger partial charge is 0.309 e. The molecule has 0 radical (unpaired) electrons. The molecule has 2 atom stereocenters. The number of nitrogens with zero attached hydrogens (tertiary/aromatic N) is 1. The standard InChI is InChI=1S/C57H35NO/c59-57-48-20-7-5-16-40(48)44-21-11-22-45-50-32-36(25-28-47(50)56(57)55(44)45)35-14-10-15-39(30-35)58-52-23-9-8-18-42(52)51-33-38(26-29-53(51)58)37-24-27-46-49(31-37)41-17-4-6-19-43(41)54(46)34-12-2-1-3-13-34/h1-33,54,56H.